The lowest BCUT2D eigenvalue weighted by Crippen LogP contribution is -2.30. The van der Waals surface area contributed by atoms with E-state index in [1.807, 2.05) is 6.07 Å². The van der Waals surface area contributed by atoms with Gasteiger partial charge in [0, 0.05) is 5.69 Å². The van der Waals surface area contributed by atoms with Crippen LogP contribution in [-0.4, -0.2) is 10.4 Å². The van der Waals surface area contributed by atoms with Crippen molar-refractivity contribution in [2.45, 2.75) is 25.6 Å². The zero-order valence-corrected chi connectivity index (χ0v) is 12.4. The molecule has 1 aromatic heterocycles. The number of nitrogens with zero attached hydrogens (tertiary/aromatic N) is 2. The highest BCUT2D eigenvalue weighted by atomic mass is 32.2. The lowest BCUT2D eigenvalue weighted by Gasteiger charge is -2.28. The number of benzene rings is 1. The molecule has 4 heteroatoms. The Morgan fingerprint density at radius 3 is 2.85 bits per heavy atom. The Morgan fingerprint density at radius 1 is 1.40 bits per heavy atom. The topological polar surface area (TPSA) is 29.3 Å². The number of oxazole rings is 1. The Hall–Kier alpha value is -1.68. The van der Waals surface area contributed by atoms with Crippen molar-refractivity contribution in [3.05, 3.63) is 54.9 Å². The van der Waals surface area contributed by atoms with E-state index in [-0.39, 0.29) is 0 Å². The van der Waals surface area contributed by atoms with Gasteiger partial charge in [0.15, 0.2) is 12.2 Å². The van der Waals surface area contributed by atoms with Crippen molar-refractivity contribution in [3.63, 3.8) is 0 Å². The lowest BCUT2D eigenvalue weighted by atomic mass is 10.1. The van der Waals surface area contributed by atoms with Gasteiger partial charge in [0.25, 0.3) is 0 Å². The SMILES string of the molecule is CCC(C)C1SC(c2cnco2)=[C]N1c1ccccc1. The maximum absolute atomic E-state index is 5.41. The van der Waals surface area contributed by atoms with E-state index in [1.54, 1.807) is 18.0 Å². The molecular formula is C16H17N2OS. The van der Waals surface area contributed by atoms with Crippen molar-refractivity contribution in [2.24, 2.45) is 5.92 Å². The van der Waals surface area contributed by atoms with Crippen LogP contribution in [0.2, 0.25) is 0 Å². The molecule has 0 spiro atoms. The summed E-state index contributed by atoms with van der Waals surface area (Å²) in [5, 5.41) is 0.350. The van der Waals surface area contributed by atoms with Gasteiger partial charge >= 0.3 is 0 Å². The summed E-state index contributed by atoms with van der Waals surface area (Å²) in [5.41, 5.74) is 1.17. The smallest absolute Gasteiger partial charge is 0.181 e. The number of hydrogen-bond donors (Lipinski definition) is 0. The quantitative estimate of drug-likeness (QED) is 0.832. The number of para-hydroxylation sites is 1. The average Bonchev–Trinajstić information content (AvgIpc) is 3.16. The first-order valence-electron chi connectivity index (χ1n) is 6.83. The summed E-state index contributed by atoms with van der Waals surface area (Å²) in [7, 11) is 0. The first-order valence-corrected chi connectivity index (χ1v) is 7.71. The Morgan fingerprint density at radius 2 is 2.20 bits per heavy atom. The van der Waals surface area contributed by atoms with Crippen LogP contribution in [0.4, 0.5) is 5.69 Å². The van der Waals surface area contributed by atoms with Crippen LogP contribution in [0.25, 0.3) is 4.91 Å². The highest BCUT2D eigenvalue weighted by Crippen LogP contribution is 2.44. The second kappa shape index (κ2) is 5.75. The minimum absolute atomic E-state index is 0.350. The summed E-state index contributed by atoms with van der Waals surface area (Å²) in [6.07, 6.45) is 7.80. The molecule has 3 rings (SSSR count). The Labute approximate surface area is 123 Å². The molecule has 0 amide bonds. The summed E-state index contributed by atoms with van der Waals surface area (Å²) >= 11 is 1.80. The molecule has 2 heterocycles. The molecule has 3 nitrogen and oxygen atoms in total. The summed E-state index contributed by atoms with van der Waals surface area (Å²) in [4.78, 5) is 7.24. The second-order valence-corrected chi connectivity index (χ2v) is 6.03. The number of rotatable bonds is 4. The van der Waals surface area contributed by atoms with Crippen molar-refractivity contribution in [3.8, 4) is 0 Å². The predicted octanol–water partition coefficient (Wildman–Crippen LogP) is 4.40. The van der Waals surface area contributed by atoms with Crippen LogP contribution >= 0.6 is 11.8 Å². The van der Waals surface area contributed by atoms with Crippen molar-refractivity contribution >= 4 is 22.4 Å². The summed E-state index contributed by atoms with van der Waals surface area (Å²) in [5.74, 6) is 1.36. The van der Waals surface area contributed by atoms with Crippen molar-refractivity contribution < 1.29 is 4.42 Å². The van der Waals surface area contributed by atoms with Gasteiger partial charge in [-0.15, -0.1) is 0 Å². The highest BCUT2D eigenvalue weighted by molar-refractivity contribution is 8.09. The minimum Gasteiger partial charge on any atom is -0.443 e. The molecule has 2 aromatic rings. The number of hydrogen-bond acceptors (Lipinski definition) is 4. The maximum atomic E-state index is 5.41. The fourth-order valence-electron chi connectivity index (χ4n) is 2.19. The van der Waals surface area contributed by atoms with E-state index in [4.69, 9.17) is 4.42 Å². The van der Waals surface area contributed by atoms with Gasteiger partial charge in [-0.25, -0.2) is 4.98 Å². The van der Waals surface area contributed by atoms with Crippen LogP contribution in [0, 0.1) is 12.1 Å². The van der Waals surface area contributed by atoms with E-state index in [2.05, 4.69) is 54.2 Å². The average molecular weight is 285 g/mol. The van der Waals surface area contributed by atoms with Gasteiger partial charge in [-0.2, -0.15) is 0 Å². The van der Waals surface area contributed by atoms with Crippen LogP contribution in [0.3, 0.4) is 0 Å². The van der Waals surface area contributed by atoms with Crippen LogP contribution in [0.1, 0.15) is 26.0 Å². The van der Waals surface area contributed by atoms with Crippen LogP contribution in [0.15, 0.2) is 47.3 Å². The molecule has 1 aliphatic heterocycles. The predicted molar refractivity (Wildman–Crippen MR) is 82.9 cm³/mol. The van der Waals surface area contributed by atoms with Gasteiger partial charge in [0.05, 0.1) is 22.7 Å². The molecule has 0 saturated carbocycles. The Balaban J connectivity index is 1.94. The first kappa shape index (κ1) is 13.3. The zero-order valence-electron chi connectivity index (χ0n) is 11.6. The molecule has 0 N–H and O–H groups in total. The molecule has 0 fully saturated rings. The van der Waals surface area contributed by atoms with Gasteiger partial charge in [0.2, 0.25) is 0 Å². The van der Waals surface area contributed by atoms with E-state index in [0.29, 0.717) is 11.3 Å². The van der Waals surface area contributed by atoms with E-state index in [1.165, 1.54) is 12.1 Å². The molecule has 1 radical (unpaired) electrons. The van der Waals surface area contributed by atoms with E-state index in [9.17, 15) is 0 Å². The van der Waals surface area contributed by atoms with Gasteiger partial charge in [0.1, 0.15) is 0 Å². The van der Waals surface area contributed by atoms with Gasteiger partial charge in [-0.1, -0.05) is 50.2 Å². The van der Waals surface area contributed by atoms with E-state index < -0.39 is 0 Å². The van der Waals surface area contributed by atoms with Crippen LogP contribution < -0.4 is 4.90 Å². The molecule has 1 aromatic carbocycles. The van der Waals surface area contributed by atoms with Gasteiger partial charge < -0.3 is 9.32 Å². The van der Waals surface area contributed by atoms with Crippen molar-refractivity contribution in [1.29, 1.82) is 0 Å². The molecule has 2 unspecified atom stereocenters. The molecular weight excluding hydrogens is 268 g/mol. The Bertz CT molecular complexity index is 580. The fraction of sp³-hybridized carbons (Fsp3) is 0.312. The normalized spacial score (nSPS) is 20.0. The van der Waals surface area contributed by atoms with Crippen molar-refractivity contribution in [2.75, 3.05) is 4.90 Å². The summed E-state index contributed by atoms with van der Waals surface area (Å²) in [6.45, 7) is 4.50. The van der Waals surface area contributed by atoms with Gasteiger partial charge in [-0.05, 0) is 18.1 Å². The van der Waals surface area contributed by atoms with Crippen LogP contribution in [-0.2, 0) is 0 Å². The number of anilines is 1. The summed E-state index contributed by atoms with van der Waals surface area (Å²) < 4.78 is 5.41. The molecule has 2 atom stereocenters. The first-order chi connectivity index (χ1) is 9.79. The van der Waals surface area contributed by atoms with Gasteiger partial charge in [-0.3, -0.25) is 0 Å². The summed E-state index contributed by atoms with van der Waals surface area (Å²) in [6, 6.07) is 10.4. The van der Waals surface area contributed by atoms with Crippen molar-refractivity contribution in [1.82, 2.24) is 4.98 Å². The highest BCUT2D eigenvalue weighted by Gasteiger charge is 2.32. The molecule has 0 saturated heterocycles. The maximum Gasteiger partial charge on any atom is 0.181 e. The second-order valence-electron chi connectivity index (χ2n) is 4.91. The third-order valence-electron chi connectivity index (χ3n) is 3.54. The third kappa shape index (κ3) is 2.48. The fourth-order valence-corrected chi connectivity index (χ4v) is 3.50. The van der Waals surface area contributed by atoms with E-state index in [0.717, 1.165) is 17.1 Å². The molecule has 103 valence electrons. The zero-order chi connectivity index (χ0) is 13.9. The van der Waals surface area contributed by atoms with Crippen LogP contribution in [0.5, 0.6) is 0 Å². The number of thioether (sulfide) groups is 1. The third-order valence-corrected chi connectivity index (χ3v) is 4.98. The molecule has 0 aliphatic carbocycles. The number of aromatic nitrogens is 1. The monoisotopic (exact) mass is 285 g/mol. The molecule has 1 aliphatic rings. The molecule has 20 heavy (non-hydrogen) atoms. The minimum atomic E-state index is 0.350. The van der Waals surface area contributed by atoms with E-state index >= 15 is 0 Å². The largest absolute Gasteiger partial charge is 0.443 e. The molecule has 0 bridgehead atoms. The standard InChI is InChI=1S/C16H17N2OS/c1-3-12(2)16-18(13-7-5-4-6-8-13)10-15(20-16)14-9-17-11-19-14/h4-9,11-12,16H,3H2,1-2H3. The lowest BCUT2D eigenvalue weighted by molar-refractivity contribution is 0.537. The Kier molecular flexibility index (Phi) is 3.83.